The third kappa shape index (κ3) is 3.37. The molecule has 0 saturated carbocycles. The number of nitrogen functional groups attached to an aromatic ring is 1. The van der Waals surface area contributed by atoms with E-state index in [1.54, 1.807) is 4.90 Å². The van der Waals surface area contributed by atoms with Crippen LogP contribution in [0, 0.1) is 11.3 Å². The highest BCUT2D eigenvalue weighted by atomic mass is 16.6. The number of hydrogen-bond donors (Lipinski definition) is 2. The number of amides is 1. The van der Waals surface area contributed by atoms with E-state index in [9.17, 15) is 4.79 Å². The average molecular weight is 292 g/mol. The van der Waals surface area contributed by atoms with E-state index in [4.69, 9.17) is 15.7 Å². The fraction of sp³-hybridized carbons (Fsp3) is 0.615. The van der Waals surface area contributed by atoms with Gasteiger partial charge in [-0.05, 0) is 20.8 Å². The number of H-pyrrole nitrogens is 1. The number of nitrogens with two attached hydrogens (primary N) is 1. The summed E-state index contributed by atoms with van der Waals surface area (Å²) in [5.41, 5.74) is 5.50. The molecule has 1 fully saturated rings. The van der Waals surface area contributed by atoms with Gasteiger partial charge in [-0.2, -0.15) is 10.4 Å². The molecule has 1 aliphatic rings. The van der Waals surface area contributed by atoms with Gasteiger partial charge in [0.15, 0.2) is 5.82 Å². The highest BCUT2D eigenvalue weighted by Crippen LogP contribution is 2.23. The van der Waals surface area contributed by atoms with Crippen molar-refractivity contribution in [2.45, 2.75) is 26.4 Å². The quantitative estimate of drug-likeness (QED) is 0.796. The van der Waals surface area contributed by atoms with Gasteiger partial charge in [0.2, 0.25) is 0 Å². The van der Waals surface area contributed by atoms with E-state index in [1.165, 1.54) is 0 Å². The summed E-state index contributed by atoms with van der Waals surface area (Å²) in [6, 6.07) is 2.04. The summed E-state index contributed by atoms with van der Waals surface area (Å²) in [7, 11) is 0. The first-order valence-corrected chi connectivity index (χ1v) is 6.78. The van der Waals surface area contributed by atoms with Gasteiger partial charge in [-0.25, -0.2) is 4.79 Å². The molecule has 0 radical (unpaired) electrons. The van der Waals surface area contributed by atoms with Gasteiger partial charge in [-0.15, -0.1) is 0 Å². The highest BCUT2D eigenvalue weighted by Gasteiger charge is 2.28. The van der Waals surface area contributed by atoms with Gasteiger partial charge in [0.25, 0.3) is 0 Å². The maximum Gasteiger partial charge on any atom is 0.410 e. The topological polar surface area (TPSA) is 111 Å². The second-order valence-corrected chi connectivity index (χ2v) is 5.90. The summed E-state index contributed by atoms with van der Waals surface area (Å²) < 4.78 is 5.34. The van der Waals surface area contributed by atoms with Crippen molar-refractivity contribution in [3.63, 3.8) is 0 Å². The molecule has 0 unspecified atom stereocenters. The number of aromatic amines is 1. The van der Waals surface area contributed by atoms with Crippen LogP contribution in [0.4, 0.5) is 16.4 Å². The first kappa shape index (κ1) is 15.0. The zero-order chi connectivity index (χ0) is 15.6. The normalized spacial score (nSPS) is 15.7. The number of rotatable bonds is 1. The van der Waals surface area contributed by atoms with Crippen LogP contribution in [-0.2, 0) is 4.74 Å². The molecule has 2 rings (SSSR count). The molecule has 0 aliphatic carbocycles. The van der Waals surface area contributed by atoms with Gasteiger partial charge in [-0.1, -0.05) is 0 Å². The summed E-state index contributed by atoms with van der Waals surface area (Å²) in [5.74, 6) is 0.806. The number of carbonyl (C=O) groups is 1. The summed E-state index contributed by atoms with van der Waals surface area (Å²) in [4.78, 5) is 15.6. The molecule has 0 aromatic carbocycles. The summed E-state index contributed by atoms with van der Waals surface area (Å²) in [5, 5.41) is 15.8. The molecule has 2 heterocycles. The zero-order valence-electron chi connectivity index (χ0n) is 12.5. The van der Waals surface area contributed by atoms with Gasteiger partial charge < -0.3 is 20.3 Å². The number of ether oxygens (including phenoxy) is 1. The lowest BCUT2D eigenvalue weighted by Crippen LogP contribution is -2.50. The molecule has 21 heavy (non-hydrogen) atoms. The Hall–Kier alpha value is -2.43. The van der Waals surface area contributed by atoms with Gasteiger partial charge in [0, 0.05) is 26.2 Å². The molecule has 1 aliphatic heterocycles. The van der Waals surface area contributed by atoms with E-state index in [2.05, 4.69) is 10.2 Å². The molecule has 1 aromatic rings. The number of piperazine rings is 1. The second kappa shape index (κ2) is 5.52. The summed E-state index contributed by atoms with van der Waals surface area (Å²) >= 11 is 0. The largest absolute Gasteiger partial charge is 0.444 e. The Labute approximate surface area is 123 Å². The van der Waals surface area contributed by atoms with Crippen LogP contribution in [0.25, 0.3) is 0 Å². The minimum absolute atomic E-state index is 0.266. The third-order valence-corrected chi connectivity index (χ3v) is 3.12. The van der Waals surface area contributed by atoms with Crippen LogP contribution in [0.3, 0.4) is 0 Å². The Bertz CT molecular complexity index is 560. The van der Waals surface area contributed by atoms with E-state index < -0.39 is 5.60 Å². The zero-order valence-corrected chi connectivity index (χ0v) is 12.5. The number of nitrogens with one attached hydrogen (secondary N) is 1. The molecule has 8 nitrogen and oxygen atoms in total. The number of hydrogen-bond acceptors (Lipinski definition) is 6. The van der Waals surface area contributed by atoms with E-state index in [1.807, 2.05) is 31.7 Å². The van der Waals surface area contributed by atoms with Crippen molar-refractivity contribution in [1.82, 2.24) is 15.1 Å². The number of aromatic nitrogens is 2. The fourth-order valence-corrected chi connectivity index (χ4v) is 2.11. The predicted octanol–water partition coefficient (Wildman–Crippen LogP) is 0.921. The van der Waals surface area contributed by atoms with Crippen molar-refractivity contribution in [2.75, 3.05) is 36.8 Å². The number of nitrogens with zero attached hydrogens (tertiary/aromatic N) is 4. The van der Waals surface area contributed by atoms with Crippen molar-refractivity contribution < 1.29 is 9.53 Å². The number of carbonyl (C=O) groups excluding carboxylic acids is 1. The predicted molar refractivity (Wildman–Crippen MR) is 77.7 cm³/mol. The fourth-order valence-electron chi connectivity index (χ4n) is 2.11. The molecule has 114 valence electrons. The van der Waals surface area contributed by atoms with E-state index >= 15 is 0 Å². The standard InChI is InChI=1S/C13H20N6O2/c1-13(2,3)21-12(20)19-6-4-18(5-7-19)11-9(8-14)10(15)16-17-11/h4-7H2,1-3H3,(H3,15,16,17). The number of nitriles is 1. The average Bonchev–Trinajstić information content (AvgIpc) is 2.78. The van der Waals surface area contributed by atoms with Crippen LogP contribution in [-0.4, -0.2) is 53.0 Å². The van der Waals surface area contributed by atoms with Crippen molar-refractivity contribution in [3.05, 3.63) is 5.56 Å². The minimum Gasteiger partial charge on any atom is -0.444 e. The molecule has 1 saturated heterocycles. The third-order valence-electron chi connectivity index (χ3n) is 3.12. The van der Waals surface area contributed by atoms with Crippen molar-refractivity contribution in [1.29, 1.82) is 5.26 Å². The molecule has 3 N–H and O–H groups in total. The lowest BCUT2D eigenvalue weighted by molar-refractivity contribution is 0.0240. The number of anilines is 2. The van der Waals surface area contributed by atoms with Gasteiger partial charge in [0.05, 0.1) is 0 Å². The van der Waals surface area contributed by atoms with E-state index in [0.29, 0.717) is 37.6 Å². The molecule has 0 spiro atoms. The summed E-state index contributed by atoms with van der Waals surface area (Å²) in [6.07, 6.45) is -0.316. The molecule has 1 aromatic heterocycles. The van der Waals surface area contributed by atoms with E-state index in [0.717, 1.165) is 0 Å². The second-order valence-electron chi connectivity index (χ2n) is 5.90. The first-order chi connectivity index (χ1) is 9.81. The van der Waals surface area contributed by atoms with Crippen molar-refractivity contribution in [3.8, 4) is 6.07 Å². The minimum atomic E-state index is -0.501. The molecule has 0 bridgehead atoms. The van der Waals surface area contributed by atoms with Crippen molar-refractivity contribution in [2.24, 2.45) is 0 Å². The van der Waals surface area contributed by atoms with Crippen LogP contribution in [0.15, 0.2) is 0 Å². The molecule has 0 atom stereocenters. The van der Waals surface area contributed by atoms with Gasteiger partial charge in [0.1, 0.15) is 23.1 Å². The van der Waals surface area contributed by atoms with Crippen LogP contribution in [0.1, 0.15) is 26.3 Å². The molecule has 1 amide bonds. The van der Waals surface area contributed by atoms with Crippen molar-refractivity contribution >= 4 is 17.7 Å². The SMILES string of the molecule is CC(C)(C)OC(=O)N1CCN(c2n[nH]c(N)c2C#N)CC1. The monoisotopic (exact) mass is 292 g/mol. The van der Waals surface area contributed by atoms with Crippen LogP contribution >= 0.6 is 0 Å². The van der Waals surface area contributed by atoms with Gasteiger partial charge >= 0.3 is 6.09 Å². The Kier molecular flexibility index (Phi) is 3.93. The Morgan fingerprint density at radius 1 is 1.38 bits per heavy atom. The maximum atomic E-state index is 12.0. The molecular formula is C13H20N6O2. The van der Waals surface area contributed by atoms with Gasteiger partial charge in [-0.3, -0.25) is 5.10 Å². The van der Waals surface area contributed by atoms with Crippen LogP contribution in [0.2, 0.25) is 0 Å². The summed E-state index contributed by atoms with van der Waals surface area (Å²) in [6.45, 7) is 7.72. The molecule has 8 heteroatoms. The van der Waals surface area contributed by atoms with E-state index in [-0.39, 0.29) is 11.9 Å². The lowest BCUT2D eigenvalue weighted by Gasteiger charge is -2.35. The lowest BCUT2D eigenvalue weighted by atomic mass is 10.2. The van der Waals surface area contributed by atoms with Crippen LogP contribution in [0.5, 0.6) is 0 Å². The maximum absolute atomic E-state index is 12.0. The highest BCUT2D eigenvalue weighted by molar-refractivity contribution is 5.69. The first-order valence-electron chi connectivity index (χ1n) is 6.78. The Morgan fingerprint density at radius 3 is 2.52 bits per heavy atom. The Morgan fingerprint density at radius 2 is 2.00 bits per heavy atom. The Balaban J connectivity index is 1.98. The molecular weight excluding hydrogens is 272 g/mol. The van der Waals surface area contributed by atoms with Crippen LogP contribution < -0.4 is 10.6 Å². The smallest absolute Gasteiger partial charge is 0.410 e.